The molecule has 262 valence electrons. The Balaban J connectivity index is 0.947. The number of rotatable bonds is 5. The number of phenols is 2. The largest absolute Gasteiger partial charge is 0.504 e. The second kappa shape index (κ2) is 9.43. The zero-order chi connectivity index (χ0) is 33.4. The van der Waals surface area contributed by atoms with Crippen molar-refractivity contribution in [1.29, 1.82) is 0 Å². The van der Waals surface area contributed by atoms with Gasteiger partial charge in [0.15, 0.2) is 35.2 Å². The van der Waals surface area contributed by atoms with Gasteiger partial charge in [0, 0.05) is 36.3 Å². The molecule has 4 N–H and O–H groups in total. The molecular weight excluding hydrogens is 632 g/mol. The highest BCUT2D eigenvalue weighted by Gasteiger charge is 2.74. The van der Waals surface area contributed by atoms with Crippen molar-refractivity contribution in [2.45, 2.75) is 123 Å². The number of piperidine rings is 2. The Kier molecular flexibility index (Phi) is 5.54. The molecule has 2 aromatic rings. The fourth-order valence-corrected chi connectivity index (χ4v) is 12.9. The lowest BCUT2D eigenvalue weighted by Crippen LogP contribution is -2.76. The number of aromatic hydroxyl groups is 2. The molecule has 2 aromatic carbocycles. The van der Waals surface area contributed by atoms with Crippen LogP contribution in [0.4, 0.5) is 0 Å². The van der Waals surface area contributed by atoms with Gasteiger partial charge in [-0.1, -0.05) is 12.1 Å². The molecule has 2 spiro atoms. The van der Waals surface area contributed by atoms with Gasteiger partial charge in [-0.15, -0.1) is 0 Å². The Morgan fingerprint density at radius 3 is 1.50 bits per heavy atom. The first kappa shape index (κ1) is 29.4. The van der Waals surface area contributed by atoms with E-state index in [2.05, 4.69) is 9.80 Å². The summed E-state index contributed by atoms with van der Waals surface area (Å²) < 4.78 is 13.5. The third-order valence-corrected chi connectivity index (χ3v) is 15.5. The number of likely N-dealkylation sites (tertiary alicyclic amines) is 2. The van der Waals surface area contributed by atoms with Gasteiger partial charge >= 0.3 is 0 Å². The van der Waals surface area contributed by atoms with Crippen LogP contribution in [0.5, 0.6) is 23.0 Å². The Hall–Kier alpha value is -3.18. The van der Waals surface area contributed by atoms with E-state index in [4.69, 9.17) is 19.7 Å². The van der Waals surface area contributed by atoms with Crippen LogP contribution in [0.3, 0.4) is 0 Å². The molecule has 0 unspecified atom stereocenters. The average molecular weight is 679 g/mol. The van der Waals surface area contributed by atoms with Gasteiger partial charge in [0.25, 0.3) is 0 Å². The summed E-state index contributed by atoms with van der Waals surface area (Å²) in [5, 5.41) is 58.0. The van der Waals surface area contributed by atoms with E-state index in [1.807, 2.05) is 12.1 Å². The molecule has 4 bridgehead atoms. The predicted octanol–water partition coefficient (Wildman–Crippen LogP) is 3.72. The molecule has 0 radical (unpaired) electrons. The zero-order valence-corrected chi connectivity index (χ0v) is 28.5. The van der Waals surface area contributed by atoms with Gasteiger partial charge in [0.2, 0.25) is 0 Å². The molecule has 10 aliphatic rings. The Bertz CT molecular complexity index is 1800. The lowest BCUT2D eigenvalue weighted by atomic mass is 9.48. The van der Waals surface area contributed by atoms with Crippen LogP contribution in [0.2, 0.25) is 0 Å². The maximum Gasteiger partial charge on any atom is 0.166 e. The van der Waals surface area contributed by atoms with E-state index in [0.717, 1.165) is 86.2 Å². The molecule has 50 heavy (non-hydrogen) atoms. The minimum Gasteiger partial charge on any atom is -0.504 e. The van der Waals surface area contributed by atoms with Gasteiger partial charge in [0.05, 0.1) is 33.5 Å². The molecule has 8 atom stereocenters. The van der Waals surface area contributed by atoms with Gasteiger partial charge in [0.1, 0.15) is 0 Å². The molecule has 10 nitrogen and oxygen atoms in total. The lowest BCUT2D eigenvalue weighted by Gasteiger charge is -2.63. The summed E-state index contributed by atoms with van der Waals surface area (Å²) in [6.45, 7) is 3.86. The van der Waals surface area contributed by atoms with E-state index < -0.39 is 34.2 Å². The Morgan fingerprint density at radius 2 is 1.08 bits per heavy atom. The van der Waals surface area contributed by atoms with Gasteiger partial charge in [-0.3, -0.25) is 9.80 Å². The summed E-state index contributed by atoms with van der Waals surface area (Å²) in [6, 6.07) is 7.58. The predicted molar refractivity (Wildman–Crippen MR) is 184 cm³/mol. The zero-order valence-electron chi connectivity index (χ0n) is 28.5. The number of benzene rings is 2. The number of hydrogen-bond acceptors (Lipinski definition) is 10. The van der Waals surface area contributed by atoms with Gasteiger partial charge in [-0.25, -0.2) is 0 Å². The molecule has 12 rings (SSSR count). The van der Waals surface area contributed by atoms with Gasteiger partial charge in [-0.05, 0) is 125 Å². The summed E-state index contributed by atoms with van der Waals surface area (Å²) >= 11 is 0. The van der Waals surface area contributed by atoms with Crippen LogP contribution < -0.4 is 9.47 Å². The van der Waals surface area contributed by atoms with E-state index in [-0.39, 0.29) is 23.6 Å². The SMILES string of the molecule is Oc1ccc2c3c1O[C@@H]1C(=NN=C4CC[C@]5(O)[C@H]6Cc7ccc(O)c8c7[C@@]5(CCN6CC5CC5)[C@H]4O8)CC[C@]4(O)[C@@H](C2)N(CC2CC2)CC[C@]314. The minimum atomic E-state index is -0.987. The molecule has 10 heteroatoms. The molecule has 0 aromatic heterocycles. The van der Waals surface area contributed by atoms with Crippen molar-refractivity contribution in [3.8, 4) is 23.0 Å². The van der Waals surface area contributed by atoms with Crippen LogP contribution in [-0.2, 0) is 23.7 Å². The Labute approximate surface area is 291 Å². The third-order valence-electron chi connectivity index (χ3n) is 15.5. The molecule has 0 amide bonds. The van der Waals surface area contributed by atoms with E-state index in [1.165, 1.54) is 36.8 Å². The molecule has 6 fully saturated rings. The van der Waals surface area contributed by atoms with Crippen LogP contribution in [0.15, 0.2) is 34.5 Å². The minimum absolute atomic E-state index is 0.00576. The second-order valence-corrected chi connectivity index (χ2v) is 17.7. The van der Waals surface area contributed by atoms with Crippen molar-refractivity contribution in [3.63, 3.8) is 0 Å². The molecule has 2 saturated heterocycles. The molecule has 4 heterocycles. The molecule has 4 aliphatic heterocycles. The molecular formula is C40H46N4O6. The first-order valence-corrected chi connectivity index (χ1v) is 19.4. The maximum absolute atomic E-state index is 12.9. The summed E-state index contributed by atoms with van der Waals surface area (Å²) in [6.07, 6.45) is 9.35. The fraction of sp³-hybridized carbons (Fsp3) is 0.650. The smallest absolute Gasteiger partial charge is 0.166 e. The highest BCUT2D eigenvalue weighted by molar-refractivity contribution is 5.97. The maximum atomic E-state index is 12.9. The second-order valence-electron chi connectivity index (χ2n) is 17.7. The highest BCUT2D eigenvalue weighted by atomic mass is 16.5. The van der Waals surface area contributed by atoms with Crippen molar-refractivity contribution < 1.29 is 29.9 Å². The number of ether oxygens (including phenoxy) is 2. The number of phenolic OH excluding ortho intramolecular Hbond substituents is 2. The normalized spacial score (nSPS) is 43.4. The van der Waals surface area contributed by atoms with E-state index in [9.17, 15) is 20.4 Å². The van der Waals surface area contributed by atoms with Crippen molar-refractivity contribution >= 4 is 11.4 Å². The van der Waals surface area contributed by atoms with Crippen LogP contribution in [-0.4, -0.2) is 103 Å². The topological polar surface area (TPSA) is 131 Å². The first-order chi connectivity index (χ1) is 24.2. The number of nitrogens with zero attached hydrogens (tertiary/aromatic N) is 4. The average Bonchev–Trinajstić information content (AvgIpc) is 4.03. The monoisotopic (exact) mass is 678 g/mol. The quantitative estimate of drug-likeness (QED) is 0.353. The standard InChI is InChI=1S/C40H46N4O6/c45-27-7-5-23-17-29-39(47)11-9-25(35-37(39,31(23)33(27)49-35)13-15-43(29)19-21-1-2-21)41-42-26-10-12-40(48)30-18-24-6-8-28(46)34-32(24)38(40,36(26)50-34)14-16-44(30)20-22-3-4-22/h5-8,21-22,29-30,35-36,45-48H,1-4,9-20H2/t29-,30-,35-,36+,37+,38+,39+,40+/m1/s1. The van der Waals surface area contributed by atoms with Crippen molar-refractivity contribution in [2.24, 2.45) is 22.0 Å². The summed E-state index contributed by atoms with van der Waals surface area (Å²) in [5.74, 6) is 2.72. The van der Waals surface area contributed by atoms with E-state index >= 15 is 0 Å². The van der Waals surface area contributed by atoms with Crippen LogP contribution in [0, 0.1) is 11.8 Å². The van der Waals surface area contributed by atoms with E-state index in [1.54, 1.807) is 12.1 Å². The van der Waals surface area contributed by atoms with Crippen LogP contribution in [0.25, 0.3) is 0 Å². The molecule has 4 saturated carbocycles. The summed E-state index contributed by atoms with van der Waals surface area (Å²) in [4.78, 5) is 5.09. The van der Waals surface area contributed by atoms with E-state index in [0.29, 0.717) is 37.2 Å². The summed E-state index contributed by atoms with van der Waals surface area (Å²) in [7, 11) is 0. The number of hydrogen-bond donors (Lipinski definition) is 4. The van der Waals surface area contributed by atoms with Crippen LogP contribution >= 0.6 is 0 Å². The van der Waals surface area contributed by atoms with Crippen molar-refractivity contribution in [3.05, 3.63) is 46.5 Å². The van der Waals surface area contributed by atoms with Gasteiger partial charge < -0.3 is 29.9 Å². The van der Waals surface area contributed by atoms with Gasteiger partial charge in [-0.2, -0.15) is 10.2 Å². The first-order valence-electron chi connectivity index (χ1n) is 19.4. The number of aliphatic hydroxyl groups is 2. The fourth-order valence-electron chi connectivity index (χ4n) is 12.9. The summed E-state index contributed by atoms with van der Waals surface area (Å²) in [5.41, 5.74) is 2.56. The molecule has 6 aliphatic carbocycles. The Morgan fingerprint density at radius 1 is 0.640 bits per heavy atom. The lowest BCUT2D eigenvalue weighted by molar-refractivity contribution is -0.167. The van der Waals surface area contributed by atoms with Crippen molar-refractivity contribution in [2.75, 3.05) is 26.2 Å². The highest BCUT2D eigenvalue weighted by Crippen LogP contribution is 2.67. The van der Waals surface area contributed by atoms with Crippen LogP contribution in [0.1, 0.15) is 86.5 Å². The third kappa shape index (κ3) is 3.37. The van der Waals surface area contributed by atoms with Crippen molar-refractivity contribution in [1.82, 2.24) is 9.80 Å².